The van der Waals surface area contributed by atoms with Crippen LogP contribution in [-0.4, -0.2) is 92.1 Å². The van der Waals surface area contributed by atoms with Crippen LogP contribution in [0.3, 0.4) is 0 Å². The third kappa shape index (κ3) is 7.55. The predicted molar refractivity (Wildman–Crippen MR) is 175 cm³/mol. The molecule has 1 atom stereocenters. The van der Waals surface area contributed by atoms with Gasteiger partial charge < -0.3 is 29.1 Å². The summed E-state index contributed by atoms with van der Waals surface area (Å²) >= 11 is 1.70. The normalized spacial score (nSPS) is 18.8. The fourth-order valence-corrected chi connectivity index (χ4v) is 7.28. The van der Waals surface area contributed by atoms with E-state index in [1.54, 1.807) is 33.1 Å². The summed E-state index contributed by atoms with van der Waals surface area (Å²) in [5.41, 5.74) is 3.68. The van der Waals surface area contributed by atoms with Crippen molar-refractivity contribution in [2.45, 2.75) is 70.7 Å². The Labute approximate surface area is 262 Å². The molecule has 0 saturated carbocycles. The van der Waals surface area contributed by atoms with Crippen molar-refractivity contribution in [3.8, 4) is 23.0 Å². The Morgan fingerprint density at radius 2 is 1.42 bits per heavy atom. The summed E-state index contributed by atoms with van der Waals surface area (Å²) in [6.07, 6.45) is 0.933. The first-order chi connectivity index (χ1) is 20.3. The number of ether oxygens (including phenoxy) is 3. The number of carbonyl (C=O) groups is 1. The Morgan fingerprint density at radius 1 is 0.837 bits per heavy atom. The zero-order valence-electron chi connectivity index (χ0n) is 27.6. The van der Waals surface area contributed by atoms with E-state index >= 15 is 0 Å². The van der Waals surface area contributed by atoms with Gasteiger partial charge in [0.1, 0.15) is 11.1 Å². The van der Waals surface area contributed by atoms with E-state index in [9.17, 15) is 9.90 Å². The number of aromatic hydroxyl groups is 1. The fraction of sp³-hybridized carbons (Fsp3) is 0.618. The van der Waals surface area contributed by atoms with E-state index in [1.807, 2.05) is 6.07 Å². The summed E-state index contributed by atoms with van der Waals surface area (Å²) in [5.74, 6) is 3.11. The Bertz CT molecular complexity index is 1240. The van der Waals surface area contributed by atoms with Crippen LogP contribution in [0.1, 0.15) is 75.6 Å². The lowest BCUT2D eigenvalue weighted by molar-refractivity contribution is -0.128. The number of amides is 1. The molecule has 2 aliphatic rings. The number of hydrogen-bond donors (Lipinski definition) is 1. The smallest absolute Gasteiger partial charge is 0.233 e. The van der Waals surface area contributed by atoms with Gasteiger partial charge in [0.25, 0.3) is 0 Å². The second-order valence-electron chi connectivity index (χ2n) is 13.7. The minimum absolute atomic E-state index is 0.0244. The molecule has 9 heteroatoms. The first kappa shape index (κ1) is 33.3. The Balaban J connectivity index is 1.36. The summed E-state index contributed by atoms with van der Waals surface area (Å²) in [5, 5.41) is 11.2. The number of piperazine rings is 1. The van der Waals surface area contributed by atoms with E-state index < -0.39 is 0 Å². The molecule has 2 saturated heterocycles. The Morgan fingerprint density at radius 3 is 1.95 bits per heavy atom. The van der Waals surface area contributed by atoms with Crippen LogP contribution in [0, 0.1) is 0 Å². The molecule has 0 radical (unpaired) electrons. The van der Waals surface area contributed by atoms with Gasteiger partial charge in [-0.3, -0.25) is 9.69 Å². The molecule has 2 heterocycles. The largest absolute Gasteiger partial charge is 0.507 e. The van der Waals surface area contributed by atoms with E-state index in [2.05, 4.69) is 74.4 Å². The van der Waals surface area contributed by atoms with Crippen molar-refractivity contribution in [3.63, 3.8) is 0 Å². The lowest BCUT2D eigenvalue weighted by Gasteiger charge is -2.35. The van der Waals surface area contributed by atoms with E-state index in [0.29, 0.717) is 23.0 Å². The van der Waals surface area contributed by atoms with Crippen LogP contribution in [0.5, 0.6) is 23.0 Å². The molecule has 43 heavy (non-hydrogen) atoms. The number of thioether (sulfide) groups is 1. The monoisotopic (exact) mass is 613 g/mol. The van der Waals surface area contributed by atoms with Gasteiger partial charge in [0, 0.05) is 44.8 Å². The first-order valence-electron chi connectivity index (χ1n) is 15.3. The van der Waals surface area contributed by atoms with Crippen molar-refractivity contribution in [2.75, 3.05) is 66.4 Å². The molecule has 2 aliphatic heterocycles. The third-order valence-electron chi connectivity index (χ3n) is 8.52. The van der Waals surface area contributed by atoms with Crippen molar-refractivity contribution >= 4 is 17.7 Å². The van der Waals surface area contributed by atoms with Crippen LogP contribution < -0.4 is 14.2 Å². The SMILES string of the molecule is COc1ccc(CN2CCN(CCCN3C(=O)CSC3c3cc(C(C)(C)C)c(O)c(C(C)(C)C)c3)CC2)c(OC)c1OC. The predicted octanol–water partition coefficient (Wildman–Crippen LogP) is 5.79. The molecule has 2 aromatic rings. The molecule has 1 unspecified atom stereocenters. The van der Waals surface area contributed by atoms with Gasteiger partial charge in [-0.2, -0.15) is 0 Å². The van der Waals surface area contributed by atoms with Gasteiger partial charge in [0.05, 0.1) is 27.1 Å². The van der Waals surface area contributed by atoms with Gasteiger partial charge in [-0.25, -0.2) is 0 Å². The molecule has 4 rings (SSSR count). The summed E-state index contributed by atoms with van der Waals surface area (Å²) in [6, 6.07) is 8.24. The topological polar surface area (TPSA) is 74.7 Å². The average molecular weight is 614 g/mol. The molecule has 0 spiro atoms. The maximum atomic E-state index is 13.0. The summed E-state index contributed by atoms with van der Waals surface area (Å²) in [6.45, 7) is 19.2. The Hall–Kier alpha value is -2.62. The van der Waals surface area contributed by atoms with E-state index in [1.165, 1.54) is 0 Å². The number of nitrogens with zero attached hydrogens (tertiary/aromatic N) is 3. The zero-order chi connectivity index (χ0) is 31.5. The van der Waals surface area contributed by atoms with Crippen molar-refractivity contribution < 1.29 is 24.1 Å². The second kappa shape index (κ2) is 13.6. The summed E-state index contributed by atoms with van der Waals surface area (Å²) in [4.78, 5) is 20.0. The minimum Gasteiger partial charge on any atom is -0.507 e. The summed E-state index contributed by atoms with van der Waals surface area (Å²) in [7, 11) is 4.94. The lowest BCUT2D eigenvalue weighted by Crippen LogP contribution is -2.46. The van der Waals surface area contributed by atoms with Crippen LogP contribution in [0.4, 0.5) is 0 Å². The fourth-order valence-electron chi connectivity index (χ4n) is 6.08. The molecule has 1 N–H and O–H groups in total. The molecule has 8 nitrogen and oxygen atoms in total. The molecule has 0 bridgehead atoms. The number of carbonyl (C=O) groups excluding carboxylic acids is 1. The van der Waals surface area contributed by atoms with Crippen LogP contribution in [0.25, 0.3) is 0 Å². The van der Waals surface area contributed by atoms with Crippen LogP contribution in [0.2, 0.25) is 0 Å². The number of phenols is 1. The highest BCUT2D eigenvalue weighted by atomic mass is 32.2. The van der Waals surface area contributed by atoms with E-state index in [0.717, 1.165) is 80.2 Å². The highest BCUT2D eigenvalue weighted by Crippen LogP contribution is 2.46. The standard InChI is InChI=1S/C34H51N3O5S/c1-33(2,3)25-19-24(20-26(29(25)39)34(4,5)6)32-37(28(38)22-43-32)14-10-13-35-15-17-36(18-16-35)21-23-11-12-27(40-7)31(42-9)30(23)41-8/h11-12,19-20,32,39H,10,13-18,21-22H2,1-9H3. The second-order valence-corrected chi connectivity index (χ2v) is 14.7. The molecule has 0 aliphatic carbocycles. The van der Waals surface area contributed by atoms with Crippen LogP contribution in [-0.2, 0) is 22.2 Å². The van der Waals surface area contributed by atoms with Crippen molar-refractivity contribution in [1.29, 1.82) is 0 Å². The van der Waals surface area contributed by atoms with Crippen LogP contribution >= 0.6 is 11.8 Å². The van der Waals surface area contributed by atoms with Gasteiger partial charge in [0.15, 0.2) is 11.5 Å². The number of phenolic OH excluding ortho intramolecular Hbond substituents is 1. The van der Waals surface area contributed by atoms with E-state index in [-0.39, 0.29) is 22.1 Å². The Kier molecular flexibility index (Phi) is 10.5. The summed E-state index contributed by atoms with van der Waals surface area (Å²) < 4.78 is 16.7. The highest BCUT2D eigenvalue weighted by Gasteiger charge is 2.35. The molecule has 0 aromatic heterocycles. The lowest BCUT2D eigenvalue weighted by atomic mass is 9.78. The molecule has 1 amide bonds. The van der Waals surface area contributed by atoms with E-state index in [4.69, 9.17) is 14.2 Å². The molecular formula is C34H51N3O5S. The minimum atomic E-state index is -0.203. The number of rotatable bonds is 10. The van der Waals surface area contributed by atoms with Crippen molar-refractivity contribution in [2.24, 2.45) is 0 Å². The maximum absolute atomic E-state index is 13.0. The quantitative estimate of drug-likeness (QED) is 0.361. The van der Waals surface area contributed by atoms with Gasteiger partial charge in [0.2, 0.25) is 11.7 Å². The molecular weight excluding hydrogens is 562 g/mol. The first-order valence-corrected chi connectivity index (χ1v) is 16.3. The average Bonchev–Trinajstić information content (AvgIpc) is 3.32. The molecule has 2 fully saturated rings. The number of benzene rings is 2. The van der Waals surface area contributed by atoms with Gasteiger partial charge in [-0.15, -0.1) is 11.8 Å². The van der Waals surface area contributed by atoms with Gasteiger partial charge in [-0.05, 0) is 58.7 Å². The third-order valence-corrected chi connectivity index (χ3v) is 9.78. The van der Waals surface area contributed by atoms with Crippen LogP contribution in [0.15, 0.2) is 24.3 Å². The number of methoxy groups -OCH3 is 3. The van der Waals surface area contributed by atoms with Crippen molar-refractivity contribution in [3.05, 3.63) is 46.5 Å². The molecule has 2 aromatic carbocycles. The molecule has 238 valence electrons. The highest BCUT2D eigenvalue weighted by molar-refractivity contribution is 8.00. The van der Waals surface area contributed by atoms with Gasteiger partial charge in [-0.1, -0.05) is 47.6 Å². The number of hydrogen-bond acceptors (Lipinski definition) is 8. The maximum Gasteiger partial charge on any atom is 0.233 e. The van der Waals surface area contributed by atoms with Gasteiger partial charge >= 0.3 is 0 Å². The van der Waals surface area contributed by atoms with Crippen molar-refractivity contribution in [1.82, 2.24) is 14.7 Å². The zero-order valence-corrected chi connectivity index (χ0v) is 28.4.